The number of aromatic nitrogens is 5. The van der Waals surface area contributed by atoms with Crippen molar-refractivity contribution in [1.29, 1.82) is 0 Å². The van der Waals surface area contributed by atoms with E-state index in [1.807, 2.05) is 0 Å². The molecular weight excluding hydrogens is 458 g/mol. The maximum Gasteiger partial charge on any atom is 0.471 e. The molecular formula is C15H12F6N6O3S. The van der Waals surface area contributed by atoms with Crippen LogP contribution >= 0.6 is 0 Å². The van der Waals surface area contributed by atoms with E-state index >= 15 is 0 Å². The number of sulfone groups is 1. The summed E-state index contributed by atoms with van der Waals surface area (Å²) in [4.78, 5) is 17.7. The van der Waals surface area contributed by atoms with E-state index < -0.39 is 56.0 Å². The second-order valence-corrected chi connectivity index (χ2v) is 8.38. The average molecular weight is 470 g/mol. The van der Waals surface area contributed by atoms with E-state index in [1.165, 1.54) is 12.2 Å². The smallest absolute Gasteiger partial charge is 0.302 e. The number of carbonyl (C=O) groups is 1. The van der Waals surface area contributed by atoms with E-state index in [9.17, 15) is 39.6 Å². The number of rotatable bonds is 4. The first-order valence-electron chi connectivity index (χ1n) is 8.25. The first kappa shape index (κ1) is 22.5. The molecule has 1 amide bonds. The minimum Gasteiger partial charge on any atom is -0.302 e. The molecule has 3 aromatic rings. The highest BCUT2D eigenvalue weighted by Gasteiger charge is 2.41. The Labute approximate surface area is 169 Å². The van der Waals surface area contributed by atoms with Crippen molar-refractivity contribution in [2.75, 3.05) is 11.1 Å². The summed E-state index contributed by atoms with van der Waals surface area (Å²) in [6, 6.07) is 0.604. The van der Waals surface area contributed by atoms with Crippen molar-refractivity contribution < 1.29 is 39.6 Å². The van der Waals surface area contributed by atoms with Crippen molar-refractivity contribution in [3.8, 4) is 11.4 Å². The van der Waals surface area contributed by atoms with E-state index in [1.54, 1.807) is 0 Å². The van der Waals surface area contributed by atoms with Gasteiger partial charge in [-0.1, -0.05) is 6.92 Å². The Bertz CT molecular complexity index is 1270. The Balaban J connectivity index is 2.22. The van der Waals surface area contributed by atoms with Gasteiger partial charge in [0.15, 0.2) is 15.7 Å². The van der Waals surface area contributed by atoms with E-state index in [4.69, 9.17) is 0 Å². The number of amides is 1. The lowest BCUT2D eigenvalue weighted by Gasteiger charge is -2.10. The van der Waals surface area contributed by atoms with Gasteiger partial charge in [0, 0.05) is 19.3 Å². The van der Waals surface area contributed by atoms with Crippen molar-refractivity contribution in [1.82, 2.24) is 24.1 Å². The van der Waals surface area contributed by atoms with Crippen molar-refractivity contribution in [3.63, 3.8) is 0 Å². The molecule has 168 valence electrons. The average Bonchev–Trinajstić information content (AvgIpc) is 3.21. The number of nitrogens with one attached hydrogen (secondary N) is 1. The van der Waals surface area contributed by atoms with Crippen molar-refractivity contribution in [3.05, 3.63) is 24.3 Å². The summed E-state index contributed by atoms with van der Waals surface area (Å²) in [7, 11) is -3.17. The molecule has 3 heterocycles. The third-order valence-electron chi connectivity index (χ3n) is 4.07. The zero-order valence-electron chi connectivity index (χ0n) is 15.6. The third kappa shape index (κ3) is 4.19. The summed E-state index contributed by atoms with van der Waals surface area (Å²) in [6.45, 7) is 1.21. The summed E-state index contributed by atoms with van der Waals surface area (Å²) < 4.78 is 104. The number of hydrogen-bond acceptors (Lipinski definition) is 6. The molecule has 0 radical (unpaired) electrons. The van der Waals surface area contributed by atoms with E-state index in [0.717, 1.165) is 24.0 Å². The SMILES string of the molecule is CCS(=O)(=O)c1c(-c2cn3cnc(C(F)(F)F)cc3n2)nn(C)c1NC(=O)C(F)(F)F. The number of carbonyl (C=O) groups excluding carboxylic acids is 1. The number of anilines is 1. The maximum atomic E-state index is 12.9. The fraction of sp³-hybridized carbons (Fsp3) is 0.333. The normalized spacial score (nSPS) is 13.0. The zero-order chi connectivity index (χ0) is 23.4. The number of hydrogen-bond donors (Lipinski definition) is 1. The second-order valence-electron chi connectivity index (χ2n) is 6.17. The summed E-state index contributed by atoms with van der Waals surface area (Å²) >= 11 is 0. The number of halogens is 6. The third-order valence-corrected chi connectivity index (χ3v) is 5.83. The lowest BCUT2D eigenvalue weighted by Crippen LogP contribution is -2.31. The first-order chi connectivity index (χ1) is 14.1. The molecule has 0 atom stereocenters. The molecule has 3 rings (SSSR count). The Morgan fingerprint density at radius 1 is 1.19 bits per heavy atom. The van der Waals surface area contributed by atoms with E-state index in [0.29, 0.717) is 10.7 Å². The van der Waals surface area contributed by atoms with Crippen LogP contribution in [0.5, 0.6) is 0 Å². The molecule has 9 nitrogen and oxygen atoms in total. The number of nitrogens with zero attached hydrogens (tertiary/aromatic N) is 5. The molecule has 0 fully saturated rings. The van der Waals surface area contributed by atoms with Gasteiger partial charge in [-0.2, -0.15) is 31.4 Å². The molecule has 1 N–H and O–H groups in total. The summed E-state index contributed by atoms with van der Waals surface area (Å²) in [6.07, 6.45) is -8.17. The minimum absolute atomic E-state index is 0.253. The maximum absolute atomic E-state index is 12.9. The topological polar surface area (TPSA) is 111 Å². The van der Waals surface area contributed by atoms with Crippen LogP contribution < -0.4 is 5.32 Å². The Kier molecular flexibility index (Phi) is 5.24. The van der Waals surface area contributed by atoms with Crippen molar-refractivity contribution >= 4 is 27.2 Å². The van der Waals surface area contributed by atoms with Crippen LogP contribution in [0.3, 0.4) is 0 Å². The van der Waals surface area contributed by atoms with Gasteiger partial charge in [0.25, 0.3) is 0 Å². The standard InChI is InChI=1S/C15H12F6N6O3S/c1-3-31(29,30)11-10(25-26(2)12(11)24-13(28)15(19,20)21)7-5-27-6-22-8(14(16,17)18)4-9(27)23-7/h4-6H,3H2,1-2H3,(H,24,28). The van der Waals surface area contributed by atoms with Crippen LogP contribution in [0.25, 0.3) is 17.0 Å². The molecule has 16 heteroatoms. The van der Waals surface area contributed by atoms with E-state index in [-0.39, 0.29) is 11.3 Å². The van der Waals surface area contributed by atoms with Crippen LogP contribution in [0.2, 0.25) is 0 Å². The van der Waals surface area contributed by atoms with Gasteiger partial charge < -0.3 is 5.32 Å². The Morgan fingerprint density at radius 3 is 2.39 bits per heavy atom. The minimum atomic E-state index is -5.31. The highest BCUT2D eigenvalue weighted by atomic mass is 32.2. The summed E-state index contributed by atoms with van der Waals surface area (Å²) in [5, 5.41) is 5.31. The van der Waals surface area contributed by atoms with Gasteiger partial charge in [-0.05, 0) is 0 Å². The molecule has 0 saturated heterocycles. The van der Waals surface area contributed by atoms with Crippen LogP contribution in [-0.4, -0.2) is 50.4 Å². The predicted octanol–water partition coefficient (Wildman–Crippen LogP) is 2.44. The molecule has 3 aromatic heterocycles. The van der Waals surface area contributed by atoms with Crippen LogP contribution in [-0.2, 0) is 27.9 Å². The van der Waals surface area contributed by atoms with E-state index in [2.05, 4.69) is 15.1 Å². The van der Waals surface area contributed by atoms with Gasteiger partial charge in [0.2, 0.25) is 0 Å². The lowest BCUT2D eigenvalue weighted by molar-refractivity contribution is -0.167. The number of fused-ring (bicyclic) bond motifs is 1. The molecule has 0 aromatic carbocycles. The molecule has 0 spiro atoms. The molecule has 0 bridgehead atoms. The van der Waals surface area contributed by atoms with Crippen LogP contribution in [0.4, 0.5) is 32.2 Å². The number of alkyl halides is 6. The van der Waals surface area contributed by atoms with Gasteiger partial charge in [0.05, 0.1) is 5.75 Å². The molecule has 31 heavy (non-hydrogen) atoms. The molecule has 0 aliphatic rings. The molecule has 0 saturated carbocycles. The largest absolute Gasteiger partial charge is 0.471 e. The zero-order valence-corrected chi connectivity index (χ0v) is 16.4. The predicted molar refractivity (Wildman–Crippen MR) is 92.6 cm³/mol. The van der Waals surface area contributed by atoms with Crippen LogP contribution in [0, 0.1) is 0 Å². The highest BCUT2D eigenvalue weighted by molar-refractivity contribution is 7.91. The quantitative estimate of drug-likeness (QED) is 0.587. The fourth-order valence-corrected chi connectivity index (χ4v) is 3.79. The fourth-order valence-electron chi connectivity index (χ4n) is 2.59. The van der Waals surface area contributed by atoms with Gasteiger partial charge in [-0.25, -0.2) is 18.4 Å². The molecule has 0 aliphatic heterocycles. The highest BCUT2D eigenvalue weighted by Crippen LogP contribution is 2.34. The first-order valence-corrected chi connectivity index (χ1v) is 9.90. The van der Waals surface area contributed by atoms with Crippen molar-refractivity contribution in [2.45, 2.75) is 24.2 Å². The molecule has 0 aliphatic carbocycles. The van der Waals surface area contributed by atoms with Crippen LogP contribution in [0.1, 0.15) is 12.6 Å². The molecule has 0 unspecified atom stereocenters. The summed E-state index contributed by atoms with van der Waals surface area (Å²) in [5.41, 5.74) is -2.21. The van der Waals surface area contributed by atoms with Gasteiger partial charge in [0.1, 0.15) is 34.0 Å². The lowest BCUT2D eigenvalue weighted by atomic mass is 10.3. The summed E-state index contributed by atoms with van der Waals surface area (Å²) in [5.74, 6) is -3.75. The Hall–Kier alpha value is -3.17. The van der Waals surface area contributed by atoms with Gasteiger partial charge in [-0.15, -0.1) is 0 Å². The monoisotopic (exact) mass is 470 g/mol. The Morgan fingerprint density at radius 2 is 1.84 bits per heavy atom. The van der Waals surface area contributed by atoms with Gasteiger partial charge >= 0.3 is 18.3 Å². The number of imidazole rings is 1. The second kappa shape index (κ2) is 7.21. The van der Waals surface area contributed by atoms with Crippen LogP contribution in [0.15, 0.2) is 23.5 Å². The van der Waals surface area contributed by atoms with Gasteiger partial charge in [-0.3, -0.25) is 13.9 Å². The number of aryl methyl sites for hydroxylation is 1. The van der Waals surface area contributed by atoms with Crippen molar-refractivity contribution in [2.24, 2.45) is 7.05 Å².